The van der Waals surface area contributed by atoms with Crippen molar-refractivity contribution in [2.75, 3.05) is 0 Å². The second-order valence-electron chi connectivity index (χ2n) is 5.56. The molecule has 0 saturated heterocycles. The van der Waals surface area contributed by atoms with Crippen LogP contribution in [0.5, 0.6) is 17.2 Å². The molecule has 0 radical (unpaired) electrons. The van der Waals surface area contributed by atoms with Crippen molar-refractivity contribution in [2.45, 2.75) is 19.4 Å². The van der Waals surface area contributed by atoms with E-state index < -0.39 is 23.4 Å². The number of phenols is 3. The van der Waals surface area contributed by atoms with Crippen molar-refractivity contribution >= 4 is 11.6 Å². The van der Waals surface area contributed by atoms with E-state index in [0.29, 0.717) is 0 Å². The summed E-state index contributed by atoms with van der Waals surface area (Å²) in [4.78, 5) is 25.1. The topological polar surface area (TPSA) is 115 Å². The molecule has 4 N–H and O–H groups in total. The van der Waals surface area contributed by atoms with Crippen LogP contribution in [0.15, 0.2) is 24.3 Å². The number of hydrogen-bond acceptors (Lipinski definition) is 6. The maximum atomic E-state index is 12.6. The number of phenolic OH excluding ortho intramolecular Hbond substituents is 3. The maximum Gasteiger partial charge on any atom is 0.201 e. The highest BCUT2D eigenvalue weighted by Crippen LogP contribution is 2.41. The molecule has 1 aliphatic carbocycles. The SMILES string of the molecule is C[C@H](O)Cc1c(O)cc2c(c1O)C(=O)c1c(O)cccc1C2=O. The number of hydrogen-bond donors (Lipinski definition) is 4. The van der Waals surface area contributed by atoms with Crippen LogP contribution in [-0.2, 0) is 6.42 Å². The molecule has 0 aromatic heterocycles. The molecule has 0 amide bonds. The quantitative estimate of drug-likeness (QED) is 0.570. The minimum atomic E-state index is -0.861. The number of aromatic hydroxyl groups is 3. The van der Waals surface area contributed by atoms with Crippen molar-refractivity contribution in [3.8, 4) is 17.2 Å². The average Bonchev–Trinajstić information content (AvgIpc) is 2.48. The molecular weight excluding hydrogens is 300 g/mol. The number of carbonyl (C=O) groups is 2. The number of ketones is 2. The standard InChI is InChI=1S/C17H14O6/c1-7(18)5-9-12(20)6-10-14(16(9)22)17(23)13-8(15(10)21)3-2-4-11(13)19/h2-4,6-7,18-20,22H,5H2,1H3/t7-/m0/s1. The van der Waals surface area contributed by atoms with Gasteiger partial charge in [0.25, 0.3) is 0 Å². The number of carbonyl (C=O) groups excluding carboxylic acids is 2. The van der Waals surface area contributed by atoms with Gasteiger partial charge in [0.2, 0.25) is 5.78 Å². The van der Waals surface area contributed by atoms with Crippen molar-refractivity contribution in [3.63, 3.8) is 0 Å². The molecule has 0 unspecified atom stereocenters. The monoisotopic (exact) mass is 314 g/mol. The first kappa shape index (κ1) is 15.1. The molecule has 0 saturated carbocycles. The Hall–Kier alpha value is -2.86. The van der Waals surface area contributed by atoms with Crippen LogP contribution in [0.4, 0.5) is 0 Å². The van der Waals surface area contributed by atoms with Gasteiger partial charge in [-0.1, -0.05) is 12.1 Å². The van der Waals surface area contributed by atoms with Crippen molar-refractivity contribution in [1.29, 1.82) is 0 Å². The zero-order valence-electron chi connectivity index (χ0n) is 12.2. The predicted octanol–water partition coefficient (Wildman–Crippen LogP) is 1.50. The van der Waals surface area contributed by atoms with Crippen LogP contribution in [0.3, 0.4) is 0 Å². The Bertz CT molecular complexity index is 851. The van der Waals surface area contributed by atoms with E-state index in [1.54, 1.807) is 0 Å². The maximum absolute atomic E-state index is 12.6. The Labute approximate surface area is 131 Å². The summed E-state index contributed by atoms with van der Waals surface area (Å²) < 4.78 is 0. The zero-order valence-corrected chi connectivity index (χ0v) is 12.2. The summed E-state index contributed by atoms with van der Waals surface area (Å²) >= 11 is 0. The third-order valence-corrected chi connectivity index (χ3v) is 3.87. The third kappa shape index (κ3) is 2.15. The molecular formula is C17H14O6. The van der Waals surface area contributed by atoms with Gasteiger partial charge in [-0.3, -0.25) is 9.59 Å². The number of aliphatic hydroxyl groups excluding tert-OH is 1. The summed E-state index contributed by atoms with van der Waals surface area (Å²) in [5.74, 6) is -2.53. The Kier molecular flexibility index (Phi) is 3.34. The Morgan fingerprint density at radius 2 is 1.65 bits per heavy atom. The van der Waals surface area contributed by atoms with Crippen LogP contribution in [-0.4, -0.2) is 38.1 Å². The molecule has 23 heavy (non-hydrogen) atoms. The molecule has 0 aliphatic heterocycles. The Morgan fingerprint density at radius 3 is 2.30 bits per heavy atom. The first-order chi connectivity index (χ1) is 10.8. The molecule has 1 aliphatic rings. The number of benzene rings is 2. The normalized spacial score (nSPS) is 14.3. The van der Waals surface area contributed by atoms with Gasteiger partial charge in [0.15, 0.2) is 5.78 Å². The summed E-state index contributed by atoms with van der Waals surface area (Å²) in [6.07, 6.45) is -0.944. The summed E-state index contributed by atoms with van der Waals surface area (Å²) in [5.41, 5.74) is -0.563. The molecule has 2 aromatic rings. The van der Waals surface area contributed by atoms with Gasteiger partial charge in [-0.2, -0.15) is 0 Å². The van der Waals surface area contributed by atoms with E-state index >= 15 is 0 Å². The molecule has 3 rings (SSSR count). The molecule has 6 heteroatoms. The first-order valence-corrected chi connectivity index (χ1v) is 7.00. The van der Waals surface area contributed by atoms with Crippen molar-refractivity contribution in [2.24, 2.45) is 0 Å². The lowest BCUT2D eigenvalue weighted by atomic mass is 9.81. The van der Waals surface area contributed by atoms with Gasteiger partial charge in [-0.25, -0.2) is 0 Å². The van der Waals surface area contributed by atoms with Crippen LogP contribution in [0.2, 0.25) is 0 Å². The van der Waals surface area contributed by atoms with Gasteiger partial charge in [0.1, 0.15) is 17.2 Å². The smallest absolute Gasteiger partial charge is 0.201 e. The van der Waals surface area contributed by atoms with Gasteiger partial charge in [0, 0.05) is 23.1 Å². The summed E-state index contributed by atoms with van der Waals surface area (Å²) in [6, 6.07) is 5.23. The van der Waals surface area contributed by atoms with E-state index in [1.165, 1.54) is 25.1 Å². The van der Waals surface area contributed by atoms with Gasteiger partial charge in [-0.05, 0) is 19.1 Å². The van der Waals surface area contributed by atoms with E-state index in [-0.39, 0.29) is 45.7 Å². The second-order valence-corrected chi connectivity index (χ2v) is 5.56. The molecule has 2 aromatic carbocycles. The molecule has 1 atom stereocenters. The molecule has 0 fully saturated rings. The average molecular weight is 314 g/mol. The van der Waals surface area contributed by atoms with Gasteiger partial charge in [-0.15, -0.1) is 0 Å². The molecule has 0 spiro atoms. The van der Waals surface area contributed by atoms with Crippen LogP contribution in [0.1, 0.15) is 44.3 Å². The highest BCUT2D eigenvalue weighted by atomic mass is 16.3. The van der Waals surface area contributed by atoms with Crippen LogP contribution < -0.4 is 0 Å². The minimum absolute atomic E-state index is 0.0150. The van der Waals surface area contributed by atoms with E-state index in [0.717, 1.165) is 6.07 Å². The molecule has 118 valence electrons. The van der Waals surface area contributed by atoms with Crippen molar-refractivity contribution < 1.29 is 30.0 Å². The van der Waals surface area contributed by atoms with E-state index in [1.807, 2.05) is 0 Å². The van der Waals surface area contributed by atoms with Crippen LogP contribution in [0, 0.1) is 0 Å². The van der Waals surface area contributed by atoms with Gasteiger partial charge >= 0.3 is 0 Å². The lowest BCUT2D eigenvalue weighted by Gasteiger charge is -2.21. The predicted molar refractivity (Wildman–Crippen MR) is 80.1 cm³/mol. The van der Waals surface area contributed by atoms with Gasteiger partial charge < -0.3 is 20.4 Å². The highest BCUT2D eigenvalue weighted by Gasteiger charge is 2.36. The fourth-order valence-corrected chi connectivity index (χ4v) is 2.84. The summed E-state index contributed by atoms with van der Waals surface area (Å²) in [5, 5.41) is 39.7. The molecule has 6 nitrogen and oxygen atoms in total. The second kappa shape index (κ2) is 5.10. The Balaban J connectivity index is 2.30. The number of fused-ring (bicyclic) bond motifs is 2. The zero-order chi connectivity index (χ0) is 16.9. The minimum Gasteiger partial charge on any atom is -0.508 e. The van der Waals surface area contributed by atoms with E-state index in [4.69, 9.17) is 0 Å². The van der Waals surface area contributed by atoms with E-state index in [2.05, 4.69) is 0 Å². The third-order valence-electron chi connectivity index (χ3n) is 3.87. The first-order valence-electron chi connectivity index (χ1n) is 7.00. The van der Waals surface area contributed by atoms with Crippen LogP contribution in [0.25, 0.3) is 0 Å². The highest BCUT2D eigenvalue weighted by molar-refractivity contribution is 6.30. The molecule has 0 bridgehead atoms. The fourth-order valence-electron chi connectivity index (χ4n) is 2.84. The number of rotatable bonds is 2. The number of aliphatic hydroxyl groups is 1. The van der Waals surface area contributed by atoms with E-state index in [9.17, 15) is 30.0 Å². The lowest BCUT2D eigenvalue weighted by Crippen LogP contribution is -2.22. The summed E-state index contributed by atoms with van der Waals surface area (Å²) in [7, 11) is 0. The van der Waals surface area contributed by atoms with Crippen LogP contribution >= 0.6 is 0 Å². The summed E-state index contributed by atoms with van der Waals surface area (Å²) in [6.45, 7) is 1.46. The lowest BCUT2D eigenvalue weighted by molar-refractivity contribution is 0.0973. The van der Waals surface area contributed by atoms with Gasteiger partial charge in [0.05, 0.1) is 17.2 Å². The largest absolute Gasteiger partial charge is 0.508 e. The van der Waals surface area contributed by atoms with Crippen molar-refractivity contribution in [3.05, 3.63) is 52.1 Å². The molecule has 0 heterocycles. The Morgan fingerprint density at radius 1 is 0.957 bits per heavy atom. The fraction of sp³-hybridized carbons (Fsp3) is 0.176. The van der Waals surface area contributed by atoms with Crippen molar-refractivity contribution in [1.82, 2.24) is 0 Å².